The lowest BCUT2D eigenvalue weighted by Crippen LogP contribution is -2.58. The average Bonchev–Trinajstić information content (AvgIpc) is 4.13. The zero-order valence-electron chi connectivity index (χ0n) is 36.1. The van der Waals surface area contributed by atoms with Gasteiger partial charge in [-0.2, -0.15) is 18.4 Å². The van der Waals surface area contributed by atoms with Gasteiger partial charge in [0.15, 0.2) is 11.4 Å². The van der Waals surface area contributed by atoms with Crippen LogP contribution >= 0.6 is 8.58 Å². The number of sulfonamides is 1. The highest BCUT2D eigenvalue weighted by Gasteiger charge is 2.64. The van der Waals surface area contributed by atoms with Gasteiger partial charge in [0, 0.05) is 35.3 Å². The number of ether oxygens (including phenoxy) is 3. The van der Waals surface area contributed by atoms with E-state index in [1.807, 2.05) is 12.1 Å². The van der Waals surface area contributed by atoms with Crippen LogP contribution in [-0.2, 0) is 41.7 Å². The number of nitrogens with one attached hydrogen (secondary N) is 3. The van der Waals surface area contributed by atoms with Crippen LogP contribution in [-0.4, -0.2) is 92.6 Å². The first-order valence-corrected chi connectivity index (χ1v) is 24.0. The van der Waals surface area contributed by atoms with E-state index < -0.39 is 90.4 Å². The van der Waals surface area contributed by atoms with Crippen LogP contribution in [0, 0.1) is 11.3 Å². The minimum Gasteiger partial charge on any atom is -0.483 e. The molecular weight excluding hydrogens is 891 g/mol. The van der Waals surface area contributed by atoms with Gasteiger partial charge in [0.25, 0.3) is 5.91 Å². The van der Waals surface area contributed by atoms with Crippen LogP contribution in [0.4, 0.5) is 18.0 Å². The Kier molecular flexibility index (Phi) is 11.8. The molecule has 6 heterocycles. The lowest BCUT2D eigenvalue weighted by Gasteiger charge is -2.37. The van der Waals surface area contributed by atoms with Crippen molar-refractivity contribution >= 4 is 53.3 Å². The van der Waals surface area contributed by atoms with Gasteiger partial charge in [0.05, 0.1) is 22.4 Å². The van der Waals surface area contributed by atoms with Crippen molar-refractivity contribution < 1.29 is 55.0 Å². The van der Waals surface area contributed by atoms with Crippen LogP contribution in [0.25, 0.3) is 10.9 Å². The van der Waals surface area contributed by atoms with Gasteiger partial charge in [-0.1, -0.05) is 33.6 Å². The van der Waals surface area contributed by atoms with Crippen molar-refractivity contribution in [2.45, 2.75) is 137 Å². The number of carbonyl (C=O) groups excluding carboxylic acids is 4. The van der Waals surface area contributed by atoms with Crippen molar-refractivity contribution in [3.63, 3.8) is 0 Å². The second kappa shape index (κ2) is 16.7. The number of nitrogens with zero attached hydrogens (tertiary/aromatic N) is 4. The number of amides is 4. The van der Waals surface area contributed by atoms with E-state index in [9.17, 15) is 40.8 Å². The normalized spacial score (nSPS) is 27.4. The smallest absolute Gasteiger partial charge is 0.437 e. The number of benzene rings is 1. The molecule has 0 bridgehead atoms. The summed E-state index contributed by atoms with van der Waals surface area (Å²) in [7, 11) is -4.37. The molecule has 8 rings (SSSR count). The maximum absolute atomic E-state index is 15.0. The number of aromatic nitrogens is 2. The monoisotopic (exact) mass is 939 g/mol. The van der Waals surface area contributed by atoms with Crippen molar-refractivity contribution in [3.8, 4) is 23.4 Å². The molecule has 2 aromatic heterocycles. The summed E-state index contributed by atoms with van der Waals surface area (Å²) in [5.74, 6) is -2.68. The Labute approximate surface area is 375 Å². The van der Waals surface area contributed by atoms with Crippen molar-refractivity contribution in [1.29, 1.82) is 5.26 Å². The van der Waals surface area contributed by atoms with Crippen LogP contribution in [0.2, 0.25) is 0 Å². The first-order chi connectivity index (χ1) is 30.5. The molecule has 21 heteroatoms. The van der Waals surface area contributed by atoms with Crippen molar-refractivity contribution in [2.24, 2.45) is 0 Å². The van der Waals surface area contributed by atoms with Gasteiger partial charge < -0.3 is 29.7 Å². The lowest BCUT2D eigenvalue weighted by atomic mass is 9.87. The number of aryl methyl sites for hydroxylation is 1. The first kappa shape index (κ1) is 46.0. The molecule has 0 radical (unpaired) electrons. The van der Waals surface area contributed by atoms with E-state index in [1.165, 1.54) is 48.4 Å². The second-order valence-corrected chi connectivity index (χ2v) is 22.5. The van der Waals surface area contributed by atoms with Gasteiger partial charge in [-0.3, -0.25) is 19.1 Å². The molecule has 2 saturated heterocycles. The Morgan fingerprint density at radius 3 is 2.54 bits per heavy atom. The highest BCUT2D eigenvalue weighted by atomic mass is 32.2. The van der Waals surface area contributed by atoms with Crippen LogP contribution in [0.1, 0.15) is 102 Å². The van der Waals surface area contributed by atoms with Crippen LogP contribution in [0.15, 0.2) is 48.7 Å². The van der Waals surface area contributed by atoms with Gasteiger partial charge in [-0.25, -0.2) is 23.2 Å². The molecule has 1 saturated carbocycles. The molecule has 4 aliphatic heterocycles. The number of halogens is 3. The largest absolute Gasteiger partial charge is 0.483 e. The van der Waals surface area contributed by atoms with Crippen molar-refractivity contribution in [3.05, 3.63) is 65.5 Å². The van der Waals surface area contributed by atoms with Crippen LogP contribution in [0.3, 0.4) is 0 Å². The molecule has 6 atom stereocenters. The summed E-state index contributed by atoms with van der Waals surface area (Å²) in [6, 6.07) is 6.62. The Balaban J connectivity index is 1.16. The Bertz CT molecular complexity index is 2630. The number of fused-ring (bicyclic) bond motifs is 5. The molecule has 1 spiro atoms. The Morgan fingerprint density at radius 2 is 1.86 bits per heavy atom. The van der Waals surface area contributed by atoms with E-state index in [1.54, 1.807) is 26.8 Å². The summed E-state index contributed by atoms with van der Waals surface area (Å²) < 4.78 is 90.4. The Hall–Kier alpha value is -5.54. The quantitative estimate of drug-likeness (QED) is 0.184. The number of alkyl halides is 3. The number of nitriles is 1. The summed E-state index contributed by atoms with van der Waals surface area (Å²) in [5.41, 5.74) is -3.90. The topological polar surface area (TPSA) is 219 Å². The number of hydrogen-bond donors (Lipinski definition) is 3. The van der Waals surface area contributed by atoms with Gasteiger partial charge >= 0.3 is 12.3 Å². The fourth-order valence-corrected chi connectivity index (χ4v) is 11.3. The molecule has 1 unspecified atom stereocenters. The SMILES string of the molecule is CC(C)(C)OC(=O)N[C@H]1CCCCC/C=C\[C@@H]2P[C@@]2(C(=O)NS(=O)(=O)C2(C)CC2)NC(=O)[C@@H]2C[C@]3(CCc4c(c(C(F)(F)F)nc5ccc(Oc6ccc(C#N)cn6)cc45)O3)CN2C1=O. The summed E-state index contributed by atoms with van der Waals surface area (Å²) >= 11 is 0. The zero-order valence-corrected chi connectivity index (χ0v) is 38.0. The van der Waals surface area contributed by atoms with Gasteiger partial charge in [0.1, 0.15) is 40.4 Å². The molecule has 1 aliphatic carbocycles. The predicted molar refractivity (Wildman–Crippen MR) is 231 cm³/mol. The van der Waals surface area contributed by atoms with E-state index in [-0.39, 0.29) is 63.5 Å². The molecule has 16 nitrogen and oxygen atoms in total. The fourth-order valence-electron chi connectivity index (χ4n) is 8.57. The number of hydrogen-bond acceptors (Lipinski definition) is 12. The van der Waals surface area contributed by atoms with Crippen molar-refractivity contribution in [1.82, 2.24) is 30.2 Å². The summed E-state index contributed by atoms with van der Waals surface area (Å²) in [5, 5.41) is 13.2. The molecule has 346 valence electrons. The van der Waals surface area contributed by atoms with Gasteiger partial charge in [-0.05, 0) is 96.9 Å². The standard InChI is InChI=1S/C44H49F3N7O9PS/c1-40(2,3)63-39(58)51-30-10-8-6-5-7-9-11-32-43(64-32,38(57)53-65(59,60)41(4)18-19-41)52-36(55)31-21-42(24-54(31)37(30)56)17-16-27-28-20-26(61-33-15-12-25(22-48)23-49-33)13-14-29(28)50-35(34(27)62-42)44(45,46)47/h9,11-15,20,23,30-32,64H,5-8,10,16-19,21,24H2,1-4H3,(H,51,58)(H,52,55)(H,53,57)/b11-9-/t30-,31-,32-,42+,43-/m0/s1. The molecule has 3 aromatic rings. The van der Waals surface area contributed by atoms with E-state index in [4.69, 9.17) is 19.5 Å². The molecule has 4 amide bonds. The molecule has 5 aliphatic rings. The number of pyridine rings is 2. The third-order valence-corrected chi connectivity index (χ3v) is 16.4. The molecule has 1 aromatic carbocycles. The summed E-state index contributed by atoms with van der Waals surface area (Å²) in [6.07, 6.45) is 2.06. The fraction of sp³-hybridized carbons (Fsp3) is 0.523. The number of carbonyl (C=O) groups is 4. The zero-order chi connectivity index (χ0) is 46.7. The lowest BCUT2D eigenvalue weighted by molar-refractivity contribution is -0.144. The highest BCUT2D eigenvalue weighted by Crippen LogP contribution is 2.60. The van der Waals surface area contributed by atoms with Gasteiger partial charge in [0.2, 0.25) is 27.7 Å². The average molecular weight is 940 g/mol. The summed E-state index contributed by atoms with van der Waals surface area (Å²) in [6.45, 7) is 6.11. The third kappa shape index (κ3) is 9.45. The predicted octanol–water partition coefficient (Wildman–Crippen LogP) is 6.26. The Morgan fingerprint density at radius 1 is 1.09 bits per heavy atom. The van der Waals surface area contributed by atoms with E-state index in [0.29, 0.717) is 49.5 Å². The second-order valence-electron chi connectivity index (χ2n) is 18.6. The highest BCUT2D eigenvalue weighted by molar-refractivity contribution is 7.91. The van der Waals surface area contributed by atoms with Crippen LogP contribution < -0.4 is 24.8 Å². The first-order valence-electron chi connectivity index (χ1n) is 21.4. The summed E-state index contributed by atoms with van der Waals surface area (Å²) in [4.78, 5) is 66.1. The number of alkyl carbamates (subject to hydrolysis) is 1. The van der Waals surface area contributed by atoms with E-state index in [0.717, 1.165) is 0 Å². The molecular formula is C44H49F3N7O9PS. The van der Waals surface area contributed by atoms with E-state index in [2.05, 4.69) is 25.3 Å². The molecule has 65 heavy (non-hydrogen) atoms. The van der Waals surface area contributed by atoms with Crippen LogP contribution in [0.5, 0.6) is 17.4 Å². The molecule has 3 N–H and O–H groups in total. The van der Waals surface area contributed by atoms with Gasteiger partial charge in [-0.15, -0.1) is 0 Å². The van der Waals surface area contributed by atoms with E-state index >= 15 is 0 Å². The third-order valence-electron chi connectivity index (χ3n) is 12.5. The minimum atomic E-state index is -5.00. The maximum atomic E-state index is 15.0. The maximum Gasteiger partial charge on any atom is 0.437 e. The molecule has 3 fully saturated rings. The van der Waals surface area contributed by atoms with Crippen molar-refractivity contribution in [2.75, 3.05) is 6.54 Å². The number of rotatable bonds is 6. The number of allylic oxidation sites excluding steroid dienone is 1. The minimum absolute atomic E-state index is 0.00981.